The lowest BCUT2D eigenvalue weighted by molar-refractivity contribution is -0.123. The van der Waals surface area contributed by atoms with E-state index in [4.69, 9.17) is 4.74 Å². The lowest BCUT2D eigenvalue weighted by Gasteiger charge is -2.28. The van der Waals surface area contributed by atoms with Crippen LogP contribution in [0.25, 0.3) is 11.1 Å². The molecule has 5 nitrogen and oxygen atoms in total. The van der Waals surface area contributed by atoms with E-state index < -0.39 is 0 Å². The summed E-state index contributed by atoms with van der Waals surface area (Å²) in [5, 5.41) is 4.14. The molecule has 0 radical (unpaired) electrons. The number of para-hydroxylation sites is 1. The molecule has 0 atom stereocenters. The van der Waals surface area contributed by atoms with Gasteiger partial charge in [0.05, 0.1) is 0 Å². The van der Waals surface area contributed by atoms with Gasteiger partial charge in [0.2, 0.25) is 0 Å². The summed E-state index contributed by atoms with van der Waals surface area (Å²) in [5.41, 5.74) is 5.07. The second-order valence-corrected chi connectivity index (χ2v) is 7.60. The Morgan fingerprint density at radius 2 is 1.78 bits per heavy atom. The largest absolute Gasteiger partial charge is 0.483 e. The Bertz CT molecular complexity index is 857. The molecule has 1 saturated carbocycles. The van der Waals surface area contributed by atoms with Crippen molar-refractivity contribution in [1.29, 1.82) is 0 Å². The van der Waals surface area contributed by atoms with E-state index in [2.05, 4.69) is 10.5 Å². The van der Waals surface area contributed by atoms with E-state index in [1.54, 1.807) is 0 Å². The minimum Gasteiger partial charge on any atom is -0.483 e. The molecule has 0 saturated heterocycles. The zero-order chi connectivity index (χ0) is 19.3. The van der Waals surface area contributed by atoms with Crippen LogP contribution in [0.1, 0.15) is 33.1 Å². The summed E-state index contributed by atoms with van der Waals surface area (Å²) in [5.74, 6) is 0.453. The Kier molecular flexibility index (Phi) is 5.69. The van der Waals surface area contributed by atoms with Crippen LogP contribution in [0.2, 0.25) is 0 Å². The Balaban J connectivity index is 1.60. The first kappa shape index (κ1) is 18.8. The Hall–Kier alpha value is -2.95. The van der Waals surface area contributed by atoms with Gasteiger partial charge in [-0.25, -0.2) is 5.43 Å². The lowest BCUT2D eigenvalue weighted by atomic mass is 9.76. The van der Waals surface area contributed by atoms with Gasteiger partial charge in [-0.05, 0) is 23.5 Å². The molecular formula is C22H24N2O3. The number of hydrogen-bond acceptors (Lipinski definition) is 4. The molecule has 27 heavy (non-hydrogen) atoms. The second-order valence-electron chi connectivity index (χ2n) is 7.60. The maximum absolute atomic E-state index is 12.1. The van der Waals surface area contributed by atoms with Crippen molar-refractivity contribution in [3.8, 4) is 16.9 Å². The number of ketones is 1. The van der Waals surface area contributed by atoms with Gasteiger partial charge in [0.15, 0.2) is 6.61 Å². The molecule has 140 valence electrons. The van der Waals surface area contributed by atoms with Gasteiger partial charge >= 0.3 is 0 Å². The van der Waals surface area contributed by atoms with Crippen molar-refractivity contribution < 1.29 is 14.3 Å². The van der Waals surface area contributed by atoms with Gasteiger partial charge in [0.25, 0.3) is 5.91 Å². The van der Waals surface area contributed by atoms with E-state index in [0.29, 0.717) is 30.7 Å². The average molecular weight is 364 g/mol. The third-order valence-corrected chi connectivity index (χ3v) is 4.43. The normalized spacial score (nSPS) is 17.6. The predicted octanol–water partition coefficient (Wildman–Crippen LogP) is 3.98. The second kappa shape index (κ2) is 8.16. The van der Waals surface area contributed by atoms with Crippen molar-refractivity contribution in [2.75, 3.05) is 6.61 Å². The lowest BCUT2D eigenvalue weighted by Crippen LogP contribution is -2.32. The Morgan fingerprint density at radius 1 is 1.07 bits per heavy atom. The number of nitrogens with zero attached hydrogens (tertiary/aromatic N) is 1. The van der Waals surface area contributed by atoms with E-state index in [-0.39, 0.29) is 23.7 Å². The van der Waals surface area contributed by atoms with Gasteiger partial charge in [-0.2, -0.15) is 5.10 Å². The van der Waals surface area contributed by atoms with Gasteiger partial charge in [-0.3, -0.25) is 9.59 Å². The van der Waals surface area contributed by atoms with Crippen LogP contribution in [0, 0.1) is 5.41 Å². The van der Waals surface area contributed by atoms with Crippen LogP contribution in [0.15, 0.2) is 59.7 Å². The van der Waals surface area contributed by atoms with Crippen LogP contribution in [0.4, 0.5) is 0 Å². The van der Waals surface area contributed by atoms with Crippen LogP contribution >= 0.6 is 0 Å². The summed E-state index contributed by atoms with van der Waals surface area (Å²) >= 11 is 0. The molecule has 0 bridgehead atoms. The molecule has 0 aliphatic heterocycles. The third-order valence-electron chi connectivity index (χ3n) is 4.43. The summed E-state index contributed by atoms with van der Waals surface area (Å²) in [4.78, 5) is 23.9. The smallest absolute Gasteiger partial charge is 0.277 e. The first-order valence-corrected chi connectivity index (χ1v) is 9.06. The SMILES string of the molecule is CC1(C)CC(=O)C/C(=N\NC(=O)COc2ccccc2-c2ccccc2)C1. The van der Waals surface area contributed by atoms with Crippen LogP contribution in [0.3, 0.4) is 0 Å². The number of carbonyl (C=O) groups is 2. The number of benzene rings is 2. The van der Waals surface area contributed by atoms with Gasteiger partial charge < -0.3 is 4.74 Å². The van der Waals surface area contributed by atoms with Gasteiger partial charge in [-0.1, -0.05) is 62.4 Å². The molecule has 0 heterocycles. The molecule has 1 N–H and O–H groups in total. The molecule has 1 aliphatic carbocycles. The van der Waals surface area contributed by atoms with Gasteiger partial charge in [-0.15, -0.1) is 0 Å². The summed E-state index contributed by atoms with van der Waals surface area (Å²) in [6.45, 7) is 3.92. The molecule has 3 rings (SSSR count). The highest BCUT2D eigenvalue weighted by atomic mass is 16.5. The quantitative estimate of drug-likeness (QED) is 0.816. The number of amides is 1. The minimum atomic E-state index is -0.346. The van der Waals surface area contributed by atoms with Crippen LogP contribution in [0.5, 0.6) is 5.75 Å². The van der Waals surface area contributed by atoms with Gasteiger partial charge in [0, 0.05) is 24.1 Å². The average Bonchev–Trinajstić information content (AvgIpc) is 2.64. The van der Waals surface area contributed by atoms with E-state index in [1.807, 2.05) is 68.4 Å². The number of hydrogen-bond donors (Lipinski definition) is 1. The highest BCUT2D eigenvalue weighted by Crippen LogP contribution is 2.32. The topological polar surface area (TPSA) is 67.8 Å². The van der Waals surface area contributed by atoms with Crippen molar-refractivity contribution in [1.82, 2.24) is 5.43 Å². The minimum absolute atomic E-state index is 0.107. The zero-order valence-electron chi connectivity index (χ0n) is 15.7. The molecule has 1 amide bonds. The molecule has 0 aromatic heterocycles. The molecule has 2 aromatic rings. The summed E-state index contributed by atoms with van der Waals surface area (Å²) < 4.78 is 5.71. The fourth-order valence-corrected chi connectivity index (χ4v) is 3.35. The highest BCUT2D eigenvalue weighted by Gasteiger charge is 2.30. The van der Waals surface area contributed by atoms with Gasteiger partial charge in [0.1, 0.15) is 11.5 Å². The monoisotopic (exact) mass is 364 g/mol. The van der Waals surface area contributed by atoms with E-state index in [0.717, 1.165) is 11.1 Å². The van der Waals surface area contributed by atoms with Crippen LogP contribution < -0.4 is 10.2 Å². The molecule has 2 aromatic carbocycles. The maximum Gasteiger partial charge on any atom is 0.277 e. The Labute approximate surface area is 159 Å². The number of carbonyl (C=O) groups excluding carboxylic acids is 2. The third kappa shape index (κ3) is 5.26. The zero-order valence-corrected chi connectivity index (χ0v) is 15.7. The van der Waals surface area contributed by atoms with Crippen LogP contribution in [-0.2, 0) is 9.59 Å². The predicted molar refractivity (Wildman–Crippen MR) is 106 cm³/mol. The van der Waals surface area contributed by atoms with Crippen molar-refractivity contribution in [2.45, 2.75) is 33.1 Å². The van der Waals surface area contributed by atoms with Crippen molar-refractivity contribution >= 4 is 17.4 Å². The molecule has 0 spiro atoms. The fraction of sp³-hybridized carbons (Fsp3) is 0.318. The first-order chi connectivity index (χ1) is 12.9. The van der Waals surface area contributed by atoms with Crippen molar-refractivity contribution in [3.63, 3.8) is 0 Å². The summed E-state index contributed by atoms with van der Waals surface area (Å²) in [6, 6.07) is 17.5. The number of ether oxygens (including phenoxy) is 1. The van der Waals surface area contributed by atoms with E-state index in [1.165, 1.54) is 0 Å². The summed E-state index contributed by atoms with van der Waals surface area (Å²) in [7, 11) is 0. The molecule has 5 heteroatoms. The number of hydrazone groups is 1. The molecule has 0 unspecified atom stereocenters. The summed E-state index contributed by atoms with van der Waals surface area (Å²) in [6.07, 6.45) is 1.57. The number of nitrogens with one attached hydrogen (secondary N) is 1. The molecular weight excluding hydrogens is 340 g/mol. The van der Waals surface area contributed by atoms with E-state index >= 15 is 0 Å². The number of rotatable bonds is 5. The fourth-order valence-electron chi connectivity index (χ4n) is 3.35. The van der Waals surface area contributed by atoms with E-state index in [9.17, 15) is 9.59 Å². The van der Waals surface area contributed by atoms with Crippen molar-refractivity contribution in [2.24, 2.45) is 10.5 Å². The number of Topliss-reactive ketones (excluding diaryl/α,β-unsaturated/α-hetero) is 1. The molecule has 1 fully saturated rings. The Morgan fingerprint density at radius 3 is 2.52 bits per heavy atom. The maximum atomic E-state index is 12.1. The van der Waals surface area contributed by atoms with Crippen LogP contribution in [-0.4, -0.2) is 24.0 Å². The molecule has 1 aliphatic rings. The highest BCUT2D eigenvalue weighted by molar-refractivity contribution is 6.05. The first-order valence-electron chi connectivity index (χ1n) is 9.06. The standard InChI is InChI=1S/C22H24N2O3/c1-22(2)13-17(12-18(25)14-22)23-24-21(26)15-27-20-11-7-6-10-19(20)16-8-4-3-5-9-16/h3-11H,12-15H2,1-2H3,(H,24,26)/b23-17+. The van der Waals surface area contributed by atoms with Crippen molar-refractivity contribution in [3.05, 3.63) is 54.6 Å².